The summed E-state index contributed by atoms with van der Waals surface area (Å²) in [5.74, 6) is -2.43. The summed E-state index contributed by atoms with van der Waals surface area (Å²) >= 11 is 0. The number of Topliss-reactive ketones (excluding diaryl/α,β-unsaturated/α-hetero) is 3. The average Bonchev–Trinajstić information content (AvgIpc) is 3.01. The molecule has 8 nitrogen and oxygen atoms in total. The minimum Gasteiger partial charge on any atom is -0.460 e. The maximum absolute atomic E-state index is 14.3. The zero-order valence-corrected chi connectivity index (χ0v) is 25.5. The van der Waals surface area contributed by atoms with Crippen molar-refractivity contribution in [2.45, 2.75) is 112 Å². The van der Waals surface area contributed by atoms with E-state index in [1.54, 1.807) is 19.9 Å². The topological polar surface area (TPSA) is 144 Å². The van der Waals surface area contributed by atoms with Crippen LogP contribution in [0.5, 0.6) is 0 Å². The molecule has 0 aromatic rings. The molecule has 8 atom stereocenters. The Labute approximate surface area is 237 Å². The molecule has 4 aliphatic carbocycles. The summed E-state index contributed by atoms with van der Waals surface area (Å²) in [4.78, 5) is 52.3. The average molecular weight is 558 g/mol. The lowest BCUT2D eigenvalue weighted by Crippen LogP contribution is -2.64. The minimum absolute atomic E-state index is 0.000569. The number of allylic oxidation sites excluding steroid dienone is 4. The van der Waals surface area contributed by atoms with Gasteiger partial charge in [0.15, 0.2) is 11.6 Å². The van der Waals surface area contributed by atoms with Crippen LogP contribution >= 0.6 is 0 Å². The van der Waals surface area contributed by atoms with E-state index >= 15 is 0 Å². The number of ether oxygens (including phenoxy) is 1. The summed E-state index contributed by atoms with van der Waals surface area (Å²) in [5, 5.41) is 23.4. The molecule has 40 heavy (non-hydrogen) atoms. The Bertz CT molecular complexity index is 1230. The van der Waals surface area contributed by atoms with Crippen LogP contribution in [-0.4, -0.2) is 50.8 Å². The fraction of sp³-hybridized carbons (Fsp3) is 0.750. The number of esters is 1. The van der Waals surface area contributed by atoms with Crippen molar-refractivity contribution in [2.24, 2.45) is 45.1 Å². The number of ketones is 3. The Morgan fingerprint density at radius 1 is 1.10 bits per heavy atom. The van der Waals surface area contributed by atoms with Gasteiger partial charge >= 0.3 is 5.97 Å². The Kier molecular flexibility index (Phi) is 6.96. The Morgan fingerprint density at radius 3 is 2.27 bits per heavy atom. The van der Waals surface area contributed by atoms with Crippen molar-refractivity contribution in [1.82, 2.24) is 0 Å². The van der Waals surface area contributed by atoms with Crippen LogP contribution in [-0.2, 0) is 23.9 Å². The molecule has 2 saturated carbocycles. The van der Waals surface area contributed by atoms with Gasteiger partial charge in [-0.15, -0.1) is 0 Å². The summed E-state index contributed by atoms with van der Waals surface area (Å²) < 4.78 is 5.32. The van der Waals surface area contributed by atoms with Crippen molar-refractivity contribution in [3.63, 3.8) is 0 Å². The largest absolute Gasteiger partial charge is 0.460 e. The fourth-order valence-electron chi connectivity index (χ4n) is 9.32. The number of hydrogen-bond acceptors (Lipinski definition) is 8. The first-order valence-corrected chi connectivity index (χ1v) is 14.5. The van der Waals surface area contributed by atoms with Crippen molar-refractivity contribution in [3.05, 3.63) is 23.4 Å². The van der Waals surface area contributed by atoms with Gasteiger partial charge in [-0.2, -0.15) is 0 Å². The molecule has 0 bridgehead atoms. The van der Waals surface area contributed by atoms with Crippen LogP contribution in [0.2, 0.25) is 0 Å². The van der Waals surface area contributed by atoms with Crippen molar-refractivity contribution in [2.75, 3.05) is 0 Å². The summed E-state index contributed by atoms with van der Waals surface area (Å²) in [6.45, 7) is 15.9. The number of hydrogen-bond donors (Lipinski definition) is 3. The van der Waals surface area contributed by atoms with Gasteiger partial charge in [-0.1, -0.05) is 32.4 Å². The third-order valence-corrected chi connectivity index (χ3v) is 11.6. The third kappa shape index (κ3) is 4.07. The summed E-state index contributed by atoms with van der Waals surface area (Å²) in [5.41, 5.74) is 1.41. The van der Waals surface area contributed by atoms with Crippen LogP contribution < -0.4 is 5.73 Å². The summed E-state index contributed by atoms with van der Waals surface area (Å²) in [6.07, 6.45) is 3.99. The highest BCUT2D eigenvalue weighted by molar-refractivity contribution is 6.03. The quantitative estimate of drug-likeness (QED) is 0.330. The van der Waals surface area contributed by atoms with Gasteiger partial charge in [-0.25, -0.2) is 0 Å². The highest BCUT2D eigenvalue weighted by Gasteiger charge is 2.74. The van der Waals surface area contributed by atoms with Gasteiger partial charge in [-0.05, 0) is 76.7 Å². The minimum atomic E-state index is -1.90. The van der Waals surface area contributed by atoms with E-state index in [-0.39, 0.29) is 48.4 Å². The molecule has 222 valence electrons. The molecule has 8 heteroatoms. The van der Waals surface area contributed by atoms with Crippen LogP contribution in [0.25, 0.3) is 0 Å². The molecule has 0 spiro atoms. The van der Waals surface area contributed by atoms with Crippen LogP contribution in [0, 0.1) is 39.4 Å². The van der Waals surface area contributed by atoms with Gasteiger partial charge in [0.2, 0.25) is 0 Å². The first-order chi connectivity index (χ1) is 18.1. The van der Waals surface area contributed by atoms with E-state index in [1.807, 2.05) is 27.7 Å². The summed E-state index contributed by atoms with van der Waals surface area (Å²) in [7, 11) is 0. The van der Waals surface area contributed by atoms with E-state index in [4.69, 9.17) is 10.5 Å². The molecule has 0 aromatic heterocycles. The molecule has 0 heterocycles. The lowest BCUT2D eigenvalue weighted by molar-refractivity contribution is -0.181. The first kappa shape index (κ1) is 30.6. The summed E-state index contributed by atoms with van der Waals surface area (Å²) in [6, 6.07) is 0. The zero-order valence-electron chi connectivity index (χ0n) is 25.5. The number of fused-ring (bicyclic) bond motifs is 5. The van der Waals surface area contributed by atoms with Gasteiger partial charge in [0, 0.05) is 37.0 Å². The predicted octanol–water partition coefficient (Wildman–Crippen LogP) is 3.81. The third-order valence-electron chi connectivity index (χ3n) is 11.6. The Hall–Kier alpha value is -2.32. The highest BCUT2D eigenvalue weighted by atomic mass is 16.6. The predicted molar refractivity (Wildman–Crippen MR) is 150 cm³/mol. The maximum atomic E-state index is 14.3. The van der Waals surface area contributed by atoms with Gasteiger partial charge in [0.1, 0.15) is 17.0 Å². The lowest BCUT2D eigenvalue weighted by atomic mass is 9.39. The lowest BCUT2D eigenvalue weighted by Gasteiger charge is -2.63. The van der Waals surface area contributed by atoms with E-state index in [9.17, 15) is 29.4 Å². The highest BCUT2D eigenvalue weighted by Crippen LogP contribution is 2.73. The van der Waals surface area contributed by atoms with Crippen molar-refractivity contribution < 1.29 is 34.1 Å². The molecule has 2 fully saturated rings. The number of nitrogens with two attached hydrogens (primary N) is 1. The number of carbonyl (C=O) groups excluding carboxylic acids is 4. The second-order valence-electron chi connectivity index (χ2n) is 14.9. The van der Waals surface area contributed by atoms with Crippen LogP contribution in [0.4, 0.5) is 0 Å². The van der Waals surface area contributed by atoms with E-state index in [1.165, 1.54) is 13.8 Å². The monoisotopic (exact) mass is 557 g/mol. The molecule has 0 aromatic carbocycles. The normalized spacial score (nSPS) is 40.2. The van der Waals surface area contributed by atoms with Crippen molar-refractivity contribution in [1.29, 1.82) is 0 Å². The SMILES string of the molecule is CC(=O)OC(C)(C)CCC(=O)[C@](C)(O)[C@H]1[C@H](O)C[C@@]2(C)[C@@H]3CC=C4[C@@H](C=C(N)C(=O)C4(C)C)[C@]3(C)C(=O)C[C@]12C. The van der Waals surface area contributed by atoms with E-state index < -0.39 is 56.6 Å². The van der Waals surface area contributed by atoms with Gasteiger partial charge in [0.25, 0.3) is 0 Å². The van der Waals surface area contributed by atoms with Crippen molar-refractivity contribution >= 4 is 23.3 Å². The second kappa shape index (κ2) is 9.09. The first-order valence-electron chi connectivity index (χ1n) is 14.5. The van der Waals surface area contributed by atoms with Crippen LogP contribution in [0.15, 0.2) is 23.4 Å². The molecule has 4 N–H and O–H groups in total. The number of carbonyl (C=O) groups is 4. The molecule has 0 saturated heterocycles. The zero-order chi connectivity index (χ0) is 30.4. The smallest absolute Gasteiger partial charge is 0.303 e. The van der Waals surface area contributed by atoms with E-state index in [0.717, 1.165) is 5.57 Å². The number of aliphatic hydroxyl groups excluding tert-OH is 1. The molecule has 0 amide bonds. The Morgan fingerprint density at radius 2 is 1.70 bits per heavy atom. The van der Waals surface area contributed by atoms with E-state index in [2.05, 4.69) is 13.0 Å². The molecule has 0 aliphatic heterocycles. The molecule has 4 rings (SSSR count). The van der Waals surface area contributed by atoms with Gasteiger partial charge in [-0.3, -0.25) is 19.2 Å². The molecular formula is C32H47NO7. The van der Waals surface area contributed by atoms with Gasteiger partial charge in [0.05, 0.1) is 17.2 Å². The van der Waals surface area contributed by atoms with Crippen LogP contribution in [0.3, 0.4) is 0 Å². The van der Waals surface area contributed by atoms with E-state index in [0.29, 0.717) is 12.8 Å². The Balaban J connectivity index is 1.72. The number of rotatable bonds is 6. The standard InChI is InChI=1S/C32H47NO7/c1-17(34)40-27(2,3)13-12-23(36)32(9,39)25-21(35)15-29(6)22-11-10-18-19(14-20(33)26(38)28(18,4)5)31(22,8)24(37)16-30(25,29)7/h10,14,19,21-22,25,35,39H,11-13,15-16,33H2,1-9H3/t19-,21-,22+,25+,29+,30-,31+,32+/m1/s1. The van der Waals surface area contributed by atoms with Crippen molar-refractivity contribution in [3.8, 4) is 0 Å². The van der Waals surface area contributed by atoms with Crippen LogP contribution in [0.1, 0.15) is 94.4 Å². The maximum Gasteiger partial charge on any atom is 0.303 e. The van der Waals surface area contributed by atoms with Gasteiger partial charge < -0.3 is 20.7 Å². The molecule has 4 aliphatic rings. The molecule has 0 radical (unpaired) electrons. The fourth-order valence-corrected chi connectivity index (χ4v) is 9.32. The second-order valence-corrected chi connectivity index (χ2v) is 14.9. The molecule has 0 unspecified atom stereocenters. The number of aliphatic hydroxyl groups is 2. The molecular weight excluding hydrogens is 510 g/mol.